The molecule has 0 bridgehead atoms. The molecule has 0 unspecified atom stereocenters. The molecule has 0 radical (unpaired) electrons. The highest BCUT2D eigenvalue weighted by molar-refractivity contribution is 5.81. The zero-order valence-electron chi connectivity index (χ0n) is 15.6. The third kappa shape index (κ3) is 4.54. The third-order valence-electron chi connectivity index (χ3n) is 4.59. The zero-order valence-corrected chi connectivity index (χ0v) is 15.6. The molecule has 0 aliphatic heterocycles. The minimum atomic E-state index is 0.726. The Morgan fingerprint density at radius 1 is 0.571 bits per heavy atom. The second kappa shape index (κ2) is 8.83. The molecule has 0 aromatic heterocycles. The summed E-state index contributed by atoms with van der Waals surface area (Å²) in [6.45, 7) is 0.726. The summed E-state index contributed by atoms with van der Waals surface area (Å²) in [6.07, 6.45) is 1.92. The standard InChI is InChI=1S/C26H22N2/c1-4-10-23(11-5-1)21-28(26-14-8-3-9-15-26)27-20-22-16-18-25(19-17-22)24-12-6-2-7-13-24/h1-20H,21H2. The van der Waals surface area contributed by atoms with Crippen LogP contribution in [0.1, 0.15) is 11.1 Å². The van der Waals surface area contributed by atoms with Crippen molar-refractivity contribution >= 4 is 11.9 Å². The number of rotatable bonds is 6. The van der Waals surface area contributed by atoms with Crippen molar-refractivity contribution in [1.82, 2.24) is 0 Å². The Labute approximate surface area is 166 Å². The Morgan fingerprint density at radius 2 is 1.11 bits per heavy atom. The van der Waals surface area contributed by atoms with Crippen molar-refractivity contribution in [2.24, 2.45) is 5.10 Å². The Hall–Kier alpha value is -3.65. The lowest BCUT2D eigenvalue weighted by atomic mass is 10.0. The van der Waals surface area contributed by atoms with Gasteiger partial charge < -0.3 is 0 Å². The fourth-order valence-corrected chi connectivity index (χ4v) is 3.08. The molecule has 4 aromatic carbocycles. The van der Waals surface area contributed by atoms with Gasteiger partial charge >= 0.3 is 0 Å². The van der Waals surface area contributed by atoms with Crippen LogP contribution in [0.2, 0.25) is 0 Å². The molecule has 0 heterocycles. The quantitative estimate of drug-likeness (QED) is 0.286. The Bertz CT molecular complexity index is 1010. The van der Waals surface area contributed by atoms with Gasteiger partial charge in [0, 0.05) is 0 Å². The van der Waals surface area contributed by atoms with Gasteiger partial charge in [0.25, 0.3) is 0 Å². The summed E-state index contributed by atoms with van der Waals surface area (Å²) in [4.78, 5) is 0. The third-order valence-corrected chi connectivity index (χ3v) is 4.59. The van der Waals surface area contributed by atoms with Gasteiger partial charge in [-0.2, -0.15) is 5.10 Å². The summed E-state index contributed by atoms with van der Waals surface area (Å²) in [5.41, 5.74) is 5.81. The lowest BCUT2D eigenvalue weighted by molar-refractivity contribution is 0.858. The van der Waals surface area contributed by atoms with Gasteiger partial charge in [-0.1, -0.05) is 103 Å². The number of nitrogens with zero attached hydrogens (tertiary/aromatic N) is 2. The monoisotopic (exact) mass is 362 g/mol. The first-order valence-corrected chi connectivity index (χ1v) is 9.44. The van der Waals surface area contributed by atoms with E-state index in [-0.39, 0.29) is 0 Å². The minimum Gasteiger partial charge on any atom is -0.261 e. The van der Waals surface area contributed by atoms with Crippen molar-refractivity contribution in [2.75, 3.05) is 5.01 Å². The van der Waals surface area contributed by atoms with Crippen LogP contribution in [0.15, 0.2) is 120 Å². The van der Waals surface area contributed by atoms with E-state index in [4.69, 9.17) is 5.10 Å². The number of hydrazone groups is 1. The van der Waals surface area contributed by atoms with E-state index in [1.807, 2.05) is 41.6 Å². The van der Waals surface area contributed by atoms with Crippen molar-refractivity contribution in [3.63, 3.8) is 0 Å². The first-order valence-electron chi connectivity index (χ1n) is 9.44. The van der Waals surface area contributed by atoms with E-state index in [0.29, 0.717) is 0 Å². The lowest BCUT2D eigenvalue weighted by Gasteiger charge is -2.19. The number of para-hydroxylation sites is 1. The molecular formula is C26H22N2. The first kappa shape index (κ1) is 17.7. The Balaban J connectivity index is 1.55. The summed E-state index contributed by atoms with van der Waals surface area (Å²) in [5, 5.41) is 6.80. The van der Waals surface area contributed by atoms with Crippen LogP contribution >= 0.6 is 0 Å². The predicted octanol–water partition coefficient (Wildman–Crippen LogP) is 6.39. The molecule has 0 amide bonds. The van der Waals surface area contributed by atoms with Crippen LogP contribution in [-0.2, 0) is 6.54 Å². The van der Waals surface area contributed by atoms with Gasteiger partial charge in [-0.15, -0.1) is 0 Å². The van der Waals surface area contributed by atoms with Gasteiger partial charge in [0.15, 0.2) is 0 Å². The van der Waals surface area contributed by atoms with Crippen LogP contribution in [0.4, 0.5) is 5.69 Å². The van der Waals surface area contributed by atoms with Crippen molar-refractivity contribution < 1.29 is 0 Å². The maximum Gasteiger partial charge on any atom is 0.0666 e. The smallest absolute Gasteiger partial charge is 0.0666 e. The topological polar surface area (TPSA) is 15.6 Å². The SMILES string of the molecule is C(=NN(Cc1ccccc1)c1ccccc1)c1ccc(-c2ccccc2)cc1. The molecule has 4 rings (SSSR count). The van der Waals surface area contributed by atoms with E-state index in [1.54, 1.807) is 0 Å². The van der Waals surface area contributed by atoms with Gasteiger partial charge in [-0.3, -0.25) is 5.01 Å². The summed E-state index contributed by atoms with van der Waals surface area (Å²) in [6, 6.07) is 39.6. The first-order chi connectivity index (χ1) is 13.9. The van der Waals surface area contributed by atoms with Crippen LogP contribution in [-0.4, -0.2) is 6.21 Å². The molecule has 0 atom stereocenters. The van der Waals surface area contributed by atoms with E-state index in [9.17, 15) is 0 Å². The summed E-state index contributed by atoms with van der Waals surface area (Å²) >= 11 is 0. The fraction of sp³-hybridized carbons (Fsp3) is 0.0385. The van der Waals surface area contributed by atoms with Gasteiger partial charge in [-0.25, -0.2) is 0 Å². The molecule has 28 heavy (non-hydrogen) atoms. The molecule has 0 aliphatic rings. The molecule has 0 N–H and O–H groups in total. The Morgan fingerprint density at radius 3 is 1.75 bits per heavy atom. The van der Waals surface area contributed by atoms with Crippen molar-refractivity contribution in [3.05, 3.63) is 126 Å². The molecule has 0 saturated carbocycles. The van der Waals surface area contributed by atoms with Gasteiger partial charge in [0.1, 0.15) is 0 Å². The highest BCUT2D eigenvalue weighted by Gasteiger charge is 2.05. The molecule has 0 saturated heterocycles. The lowest BCUT2D eigenvalue weighted by Crippen LogP contribution is -2.15. The normalized spacial score (nSPS) is 10.9. The average molecular weight is 362 g/mol. The maximum absolute atomic E-state index is 4.77. The minimum absolute atomic E-state index is 0.726. The highest BCUT2D eigenvalue weighted by atomic mass is 15.4. The molecule has 136 valence electrons. The predicted molar refractivity (Wildman–Crippen MR) is 119 cm³/mol. The molecule has 0 fully saturated rings. The van der Waals surface area contributed by atoms with E-state index in [0.717, 1.165) is 17.8 Å². The number of benzene rings is 4. The van der Waals surface area contributed by atoms with Crippen LogP contribution in [0.5, 0.6) is 0 Å². The van der Waals surface area contributed by atoms with Crippen molar-refractivity contribution in [2.45, 2.75) is 6.54 Å². The second-order valence-corrected chi connectivity index (χ2v) is 6.61. The molecular weight excluding hydrogens is 340 g/mol. The summed E-state index contributed by atoms with van der Waals surface area (Å²) in [5.74, 6) is 0. The molecule has 0 aliphatic carbocycles. The van der Waals surface area contributed by atoms with Gasteiger partial charge in [-0.05, 0) is 34.4 Å². The number of hydrogen-bond acceptors (Lipinski definition) is 2. The summed E-state index contributed by atoms with van der Waals surface area (Å²) < 4.78 is 0. The molecule has 2 nitrogen and oxygen atoms in total. The van der Waals surface area contributed by atoms with Crippen LogP contribution in [0.25, 0.3) is 11.1 Å². The van der Waals surface area contributed by atoms with E-state index >= 15 is 0 Å². The Kier molecular flexibility index (Phi) is 5.60. The van der Waals surface area contributed by atoms with E-state index < -0.39 is 0 Å². The second-order valence-electron chi connectivity index (χ2n) is 6.61. The molecule has 2 heteroatoms. The highest BCUT2D eigenvalue weighted by Crippen LogP contribution is 2.20. The van der Waals surface area contributed by atoms with Gasteiger partial charge in [0.2, 0.25) is 0 Å². The fourth-order valence-electron chi connectivity index (χ4n) is 3.08. The van der Waals surface area contributed by atoms with Crippen LogP contribution in [0.3, 0.4) is 0 Å². The molecule has 0 spiro atoms. The zero-order chi connectivity index (χ0) is 19.0. The largest absolute Gasteiger partial charge is 0.261 e. The van der Waals surface area contributed by atoms with Crippen LogP contribution < -0.4 is 5.01 Å². The van der Waals surface area contributed by atoms with Crippen LogP contribution in [0, 0.1) is 0 Å². The van der Waals surface area contributed by atoms with Crippen molar-refractivity contribution in [3.8, 4) is 11.1 Å². The van der Waals surface area contributed by atoms with E-state index in [1.165, 1.54) is 16.7 Å². The molecule has 4 aromatic rings. The number of hydrogen-bond donors (Lipinski definition) is 0. The van der Waals surface area contributed by atoms with E-state index in [2.05, 4.69) is 84.9 Å². The van der Waals surface area contributed by atoms with Crippen molar-refractivity contribution in [1.29, 1.82) is 0 Å². The van der Waals surface area contributed by atoms with Gasteiger partial charge in [0.05, 0.1) is 18.4 Å². The number of anilines is 1. The maximum atomic E-state index is 4.77. The average Bonchev–Trinajstić information content (AvgIpc) is 2.79. The summed E-state index contributed by atoms with van der Waals surface area (Å²) in [7, 11) is 0.